The van der Waals surface area contributed by atoms with Gasteiger partial charge < -0.3 is 25.5 Å². The summed E-state index contributed by atoms with van der Waals surface area (Å²) in [5, 5.41) is 16.5. The Balaban J connectivity index is 1.40. The number of thioether (sulfide) groups is 1. The molecule has 0 spiro atoms. The lowest BCUT2D eigenvalue weighted by Gasteiger charge is -2.47. The van der Waals surface area contributed by atoms with Gasteiger partial charge in [-0.2, -0.15) is 0 Å². The Hall–Kier alpha value is -1.95. The van der Waals surface area contributed by atoms with Gasteiger partial charge in [-0.25, -0.2) is 4.79 Å². The molecule has 0 saturated carbocycles. The van der Waals surface area contributed by atoms with Crippen molar-refractivity contribution in [3.8, 4) is 0 Å². The molecule has 0 aromatic carbocycles. The van der Waals surface area contributed by atoms with Crippen LogP contribution in [0.3, 0.4) is 0 Å². The Labute approximate surface area is 223 Å². The summed E-state index contributed by atoms with van der Waals surface area (Å²) >= 11 is 1.49. The molecule has 0 aromatic heterocycles. The van der Waals surface area contributed by atoms with Crippen LogP contribution < -0.4 is 10.6 Å². The molecule has 11 heteroatoms. The van der Waals surface area contributed by atoms with E-state index in [2.05, 4.69) is 15.5 Å². The highest BCUT2D eigenvalue weighted by atomic mass is 32.2. The van der Waals surface area contributed by atoms with Crippen molar-refractivity contribution in [3.63, 3.8) is 0 Å². The Kier molecular flexibility index (Phi) is 8.67. The largest absolute Gasteiger partial charge is 0.477 e. The summed E-state index contributed by atoms with van der Waals surface area (Å²) in [6.07, 6.45) is 3.12. The highest BCUT2D eigenvalue weighted by Gasteiger charge is 2.60. The molecule has 206 valence electrons. The van der Waals surface area contributed by atoms with Gasteiger partial charge >= 0.3 is 5.97 Å². The number of Topliss-reactive ketones (excluding diaryl/α,β-unsaturated/α-hetero) is 1. The van der Waals surface area contributed by atoms with E-state index in [1.165, 1.54) is 16.7 Å². The van der Waals surface area contributed by atoms with Crippen LogP contribution >= 0.6 is 11.8 Å². The van der Waals surface area contributed by atoms with Crippen molar-refractivity contribution >= 4 is 35.3 Å². The summed E-state index contributed by atoms with van der Waals surface area (Å²) in [5.41, 5.74) is 0.0802. The lowest BCUT2D eigenvalue weighted by molar-refractivity contribution is -0.160. The predicted molar refractivity (Wildman–Crippen MR) is 142 cm³/mol. The molecule has 4 aliphatic rings. The van der Waals surface area contributed by atoms with Crippen molar-refractivity contribution in [2.45, 2.75) is 62.9 Å². The van der Waals surface area contributed by atoms with Crippen LogP contribution in [0.2, 0.25) is 0 Å². The molecule has 0 radical (unpaired) electrons. The van der Waals surface area contributed by atoms with E-state index in [0.717, 1.165) is 25.9 Å². The number of fused-ring (bicyclic) bond motifs is 1. The molecular formula is C26H41N5O5S. The normalized spacial score (nSPS) is 32.5. The Bertz CT molecular complexity index is 971. The monoisotopic (exact) mass is 535 g/mol. The molecule has 4 rings (SSSR count). The molecule has 0 aliphatic carbocycles. The number of rotatable bonds is 11. The first kappa shape index (κ1) is 28.1. The zero-order valence-corrected chi connectivity index (χ0v) is 23.3. The first-order chi connectivity index (χ1) is 17.5. The smallest absolute Gasteiger partial charge is 0.353 e. The molecule has 37 heavy (non-hydrogen) atoms. The van der Waals surface area contributed by atoms with E-state index in [4.69, 9.17) is 0 Å². The number of aliphatic carboxylic acids is 1. The van der Waals surface area contributed by atoms with E-state index in [1.807, 2.05) is 20.9 Å². The summed E-state index contributed by atoms with van der Waals surface area (Å²) in [6, 6.07) is -0.139. The van der Waals surface area contributed by atoms with Crippen molar-refractivity contribution in [1.29, 1.82) is 0 Å². The molecule has 4 heterocycles. The number of carbonyl (C=O) groups is 4. The van der Waals surface area contributed by atoms with Gasteiger partial charge in [0.2, 0.25) is 11.8 Å². The zero-order chi connectivity index (χ0) is 27.0. The van der Waals surface area contributed by atoms with Crippen LogP contribution in [-0.2, 0) is 19.2 Å². The third-order valence-electron chi connectivity index (χ3n) is 8.40. The lowest BCUT2D eigenvalue weighted by Crippen LogP contribution is -2.62. The SMILES string of the molecule is CNC[C@@H]1CCCN1CC(=O)C[C@H](C)[C@H]1C(=O)N2C(C(=O)O)=C(S[C@@H]3CN[C@H](C(=O)N(C)C)C3)[C@H](C)[C@H]12. The van der Waals surface area contributed by atoms with E-state index in [1.54, 1.807) is 19.0 Å². The van der Waals surface area contributed by atoms with Crippen molar-refractivity contribution in [2.75, 3.05) is 47.3 Å². The number of hydrogen-bond acceptors (Lipinski definition) is 8. The minimum Gasteiger partial charge on any atom is -0.477 e. The van der Waals surface area contributed by atoms with Crippen LogP contribution in [0.1, 0.15) is 39.5 Å². The average Bonchev–Trinajstić information content (AvgIpc) is 3.52. The van der Waals surface area contributed by atoms with Crippen LogP contribution in [0.15, 0.2) is 10.6 Å². The second kappa shape index (κ2) is 11.4. The van der Waals surface area contributed by atoms with Crippen LogP contribution in [0.5, 0.6) is 0 Å². The van der Waals surface area contributed by atoms with Crippen molar-refractivity contribution in [1.82, 2.24) is 25.3 Å². The summed E-state index contributed by atoms with van der Waals surface area (Å²) in [5.74, 6) is -1.76. The van der Waals surface area contributed by atoms with Gasteiger partial charge in [0.25, 0.3) is 0 Å². The number of carboxylic acid groups (broad SMARTS) is 1. The Morgan fingerprint density at radius 2 is 2.03 bits per heavy atom. The Morgan fingerprint density at radius 3 is 2.68 bits per heavy atom. The van der Waals surface area contributed by atoms with E-state index < -0.39 is 5.97 Å². The fourth-order valence-corrected chi connectivity index (χ4v) is 8.07. The van der Waals surface area contributed by atoms with Crippen molar-refractivity contribution < 1.29 is 24.3 Å². The minimum absolute atomic E-state index is 0.0127. The number of β-lactam (4-membered cyclic amide) rings is 1. The van der Waals surface area contributed by atoms with Gasteiger partial charge in [0.05, 0.1) is 24.5 Å². The fourth-order valence-electron chi connectivity index (χ4n) is 6.59. The summed E-state index contributed by atoms with van der Waals surface area (Å²) in [4.78, 5) is 56.8. The highest BCUT2D eigenvalue weighted by molar-refractivity contribution is 8.03. The van der Waals surface area contributed by atoms with E-state index in [-0.39, 0.29) is 58.4 Å². The molecular weight excluding hydrogens is 494 g/mol. The van der Waals surface area contributed by atoms with Crippen LogP contribution in [-0.4, -0.2) is 114 Å². The molecule has 7 atom stereocenters. The number of hydrogen-bond donors (Lipinski definition) is 3. The topological polar surface area (TPSA) is 122 Å². The number of nitrogens with one attached hydrogen (secondary N) is 2. The number of amides is 2. The average molecular weight is 536 g/mol. The second-order valence-electron chi connectivity index (χ2n) is 11.2. The molecule has 4 aliphatic heterocycles. The van der Waals surface area contributed by atoms with Gasteiger partial charge in [-0.3, -0.25) is 19.3 Å². The van der Waals surface area contributed by atoms with Crippen LogP contribution in [0, 0.1) is 17.8 Å². The molecule has 0 bridgehead atoms. The molecule has 0 unspecified atom stereocenters. The maximum atomic E-state index is 13.2. The lowest BCUT2D eigenvalue weighted by atomic mass is 9.73. The van der Waals surface area contributed by atoms with Gasteiger partial charge in [-0.1, -0.05) is 13.8 Å². The molecule has 3 N–H and O–H groups in total. The van der Waals surface area contributed by atoms with Crippen LogP contribution in [0.4, 0.5) is 0 Å². The molecule has 2 amide bonds. The van der Waals surface area contributed by atoms with Gasteiger partial charge in [-0.15, -0.1) is 11.8 Å². The van der Waals surface area contributed by atoms with E-state index in [9.17, 15) is 24.3 Å². The van der Waals surface area contributed by atoms with Gasteiger partial charge in [-0.05, 0) is 38.8 Å². The van der Waals surface area contributed by atoms with Gasteiger partial charge in [0, 0.05) is 55.7 Å². The fraction of sp³-hybridized carbons (Fsp3) is 0.769. The Morgan fingerprint density at radius 1 is 1.30 bits per heavy atom. The number of likely N-dealkylation sites (N-methyl/N-ethyl adjacent to an activating group) is 2. The maximum absolute atomic E-state index is 13.2. The number of nitrogens with zero attached hydrogens (tertiary/aromatic N) is 3. The summed E-state index contributed by atoms with van der Waals surface area (Å²) in [7, 11) is 5.38. The van der Waals surface area contributed by atoms with Crippen molar-refractivity contribution in [3.05, 3.63) is 10.6 Å². The second-order valence-corrected chi connectivity index (χ2v) is 12.6. The van der Waals surface area contributed by atoms with E-state index in [0.29, 0.717) is 36.9 Å². The molecule has 0 aromatic rings. The predicted octanol–water partition coefficient (Wildman–Crippen LogP) is 0.590. The maximum Gasteiger partial charge on any atom is 0.353 e. The highest BCUT2D eigenvalue weighted by Crippen LogP contribution is 2.53. The first-order valence-corrected chi connectivity index (χ1v) is 14.2. The molecule has 10 nitrogen and oxygen atoms in total. The number of ketones is 1. The summed E-state index contributed by atoms with van der Waals surface area (Å²) in [6.45, 7) is 6.73. The van der Waals surface area contributed by atoms with Crippen molar-refractivity contribution in [2.24, 2.45) is 17.8 Å². The quantitative estimate of drug-likeness (QED) is 0.326. The standard InChI is InChI=1S/C26H41N5O5S/c1-14(9-17(32)13-30-8-6-7-16(30)11-27-3)20-21-15(2)23(22(26(35)36)31(21)25(20)34)37-18-10-19(28-12-18)24(33)29(4)5/h14-16,18-21,27-28H,6-13H2,1-5H3,(H,35,36)/t14-,15+,16-,18-,19-,20+,21+/m0/s1. The first-order valence-electron chi connectivity index (χ1n) is 13.4. The minimum atomic E-state index is -1.09. The molecule has 3 fully saturated rings. The molecule has 3 saturated heterocycles. The summed E-state index contributed by atoms with van der Waals surface area (Å²) < 4.78 is 0. The van der Waals surface area contributed by atoms with E-state index >= 15 is 0 Å². The third-order valence-corrected chi connectivity index (χ3v) is 9.91. The van der Waals surface area contributed by atoms with Gasteiger partial charge in [0.1, 0.15) is 11.5 Å². The number of carboxylic acids is 1. The van der Waals surface area contributed by atoms with Gasteiger partial charge in [0.15, 0.2) is 0 Å². The third kappa shape index (κ3) is 5.46. The zero-order valence-electron chi connectivity index (χ0n) is 22.5. The van der Waals surface area contributed by atoms with Crippen LogP contribution in [0.25, 0.3) is 0 Å². The number of likely N-dealkylation sites (tertiary alicyclic amines) is 1. The number of carbonyl (C=O) groups excluding carboxylic acids is 3.